The summed E-state index contributed by atoms with van der Waals surface area (Å²) in [6.45, 7) is 3.01. The first kappa shape index (κ1) is 22.4. The Kier molecular flexibility index (Phi) is 6.83. The molecular formula is C22H21Cl2N3O5. The van der Waals surface area contributed by atoms with E-state index in [1.54, 1.807) is 41.3 Å². The number of hydrogen-bond donors (Lipinski definition) is 1. The average Bonchev–Trinajstić information content (AvgIpc) is 3.14. The van der Waals surface area contributed by atoms with E-state index in [-0.39, 0.29) is 12.4 Å². The Balaban J connectivity index is 1.22. The molecule has 32 heavy (non-hydrogen) atoms. The molecule has 0 spiro atoms. The number of oxazole rings is 1. The SMILES string of the molecule is O=C(CCN1CCN(C(=O)OCc2cc(Cl)cc(Cl)c2)CC1)c1ccc2[nH]c(=O)oc2c1. The number of rotatable bonds is 6. The lowest BCUT2D eigenvalue weighted by molar-refractivity contribution is 0.0697. The van der Waals surface area contributed by atoms with E-state index < -0.39 is 11.8 Å². The summed E-state index contributed by atoms with van der Waals surface area (Å²) < 4.78 is 10.4. The molecular weight excluding hydrogens is 457 g/mol. The number of halogens is 2. The predicted octanol–water partition coefficient (Wildman–Crippen LogP) is 3.96. The molecule has 0 aliphatic carbocycles. The number of carbonyl (C=O) groups excluding carboxylic acids is 2. The number of hydrogen-bond acceptors (Lipinski definition) is 6. The molecule has 8 nitrogen and oxygen atoms in total. The third-order valence-electron chi connectivity index (χ3n) is 5.31. The minimum absolute atomic E-state index is 0.0298. The van der Waals surface area contributed by atoms with Gasteiger partial charge in [-0.15, -0.1) is 0 Å². The second-order valence-electron chi connectivity index (χ2n) is 7.56. The number of amides is 1. The molecule has 1 N–H and O–H groups in total. The number of Topliss-reactive ketones (excluding diaryl/α,β-unsaturated/α-hetero) is 1. The normalized spacial score (nSPS) is 14.6. The maximum absolute atomic E-state index is 12.5. The summed E-state index contributed by atoms with van der Waals surface area (Å²) in [5.74, 6) is -0.574. The largest absolute Gasteiger partial charge is 0.445 e. The van der Waals surface area contributed by atoms with Crippen LogP contribution in [0.1, 0.15) is 22.3 Å². The highest BCUT2D eigenvalue weighted by Gasteiger charge is 2.23. The average molecular weight is 478 g/mol. The summed E-state index contributed by atoms with van der Waals surface area (Å²) in [7, 11) is 0. The summed E-state index contributed by atoms with van der Waals surface area (Å²) in [6, 6.07) is 9.95. The second kappa shape index (κ2) is 9.77. The first-order valence-electron chi connectivity index (χ1n) is 10.1. The van der Waals surface area contributed by atoms with E-state index in [0.717, 1.165) is 5.56 Å². The van der Waals surface area contributed by atoms with Gasteiger partial charge in [0.1, 0.15) is 6.61 Å². The first-order chi connectivity index (χ1) is 15.4. The van der Waals surface area contributed by atoms with Crippen molar-refractivity contribution in [2.75, 3.05) is 32.7 Å². The van der Waals surface area contributed by atoms with Gasteiger partial charge in [-0.1, -0.05) is 23.2 Å². The molecule has 0 saturated carbocycles. The first-order valence-corrected chi connectivity index (χ1v) is 10.9. The third kappa shape index (κ3) is 5.51. The molecule has 168 valence electrons. The fourth-order valence-electron chi connectivity index (χ4n) is 3.61. The van der Waals surface area contributed by atoms with Crippen LogP contribution < -0.4 is 5.76 Å². The molecule has 3 aromatic rings. The minimum atomic E-state index is -0.544. The zero-order chi connectivity index (χ0) is 22.7. The molecule has 4 rings (SSSR count). The lowest BCUT2D eigenvalue weighted by atomic mass is 10.1. The standard InChI is InChI=1S/C22H21Cl2N3O5/c23-16-9-14(10-17(24)12-16)13-31-22(30)27-7-5-26(6-8-27)4-3-19(28)15-1-2-18-20(11-15)32-21(29)25-18/h1-2,9-12H,3-8,13H2,(H,25,29). The Labute approximate surface area is 193 Å². The minimum Gasteiger partial charge on any atom is -0.445 e. The van der Waals surface area contributed by atoms with E-state index in [2.05, 4.69) is 9.88 Å². The van der Waals surface area contributed by atoms with E-state index in [1.807, 2.05) is 0 Å². The Morgan fingerprint density at radius 3 is 2.47 bits per heavy atom. The maximum atomic E-state index is 12.5. The third-order valence-corrected chi connectivity index (χ3v) is 5.75. The summed E-state index contributed by atoms with van der Waals surface area (Å²) in [5, 5.41) is 0.980. The molecule has 10 heteroatoms. The number of benzene rings is 2. The number of nitrogens with zero attached hydrogens (tertiary/aromatic N) is 2. The Morgan fingerprint density at radius 2 is 1.75 bits per heavy atom. The van der Waals surface area contributed by atoms with Gasteiger partial charge in [0.2, 0.25) is 0 Å². The van der Waals surface area contributed by atoms with Gasteiger partial charge in [0.05, 0.1) is 5.52 Å². The fourth-order valence-corrected chi connectivity index (χ4v) is 4.18. The lowest BCUT2D eigenvalue weighted by Crippen LogP contribution is -2.49. The number of aromatic amines is 1. The molecule has 0 bridgehead atoms. The highest BCUT2D eigenvalue weighted by atomic mass is 35.5. The summed E-state index contributed by atoms with van der Waals surface area (Å²) >= 11 is 11.9. The smallest absolute Gasteiger partial charge is 0.417 e. The van der Waals surface area contributed by atoms with E-state index in [0.29, 0.717) is 65.9 Å². The number of ketones is 1. The summed E-state index contributed by atoms with van der Waals surface area (Å²) in [4.78, 5) is 42.4. The zero-order valence-electron chi connectivity index (χ0n) is 17.1. The highest BCUT2D eigenvalue weighted by Crippen LogP contribution is 2.20. The topological polar surface area (TPSA) is 95.9 Å². The van der Waals surface area contributed by atoms with Crippen LogP contribution in [0.2, 0.25) is 10.0 Å². The van der Waals surface area contributed by atoms with Crippen molar-refractivity contribution in [2.45, 2.75) is 13.0 Å². The molecule has 1 saturated heterocycles. The van der Waals surface area contributed by atoms with Crippen LogP contribution >= 0.6 is 23.2 Å². The van der Waals surface area contributed by atoms with Crippen LogP contribution in [0.5, 0.6) is 0 Å². The monoisotopic (exact) mass is 477 g/mol. The van der Waals surface area contributed by atoms with Crippen molar-refractivity contribution in [3.05, 3.63) is 68.1 Å². The van der Waals surface area contributed by atoms with E-state index >= 15 is 0 Å². The van der Waals surface area contributed by atoms with Gasteiger partial charge in [-0.25, -0.2) is 9.59 Å². The van der Waals surface area contributed by atoms with Crippen molar-refractivity contribution in [1.82, 2.24) is 14.8 Å². The predicted molar refractivity (Wildman–Crippen MR) is 120 cm³/mol. The zero-order valence-corrected chi connectivity index (χ0v) is 18.6. The van der Waals surface area contributed by atoms with Gasteiger partial charge >= 0.3 is 11.8 Å². The van der Waals surface area contributed by atoms with Crippen molar-refractivity contribution in [1.29, 1.82) is 0 Å². The highest BCUT2D eigenvalue weighted by molar-refractivity contribution is 6.34. The van der Waals surface area contributed by atoms with Crippen LogP contribution in [0.3, 0.4) is 0 Å². The van der Waals surface area contributed by atoms with Crippen LogP contribution in [-0.2, 0) is 11.3 Å². The molecule has 1 aromatic heterocycles. The molecule has 2 heterocycles. The quantitative estimate of drug-likeness (QED) is 0.539. The van der Waals surface area contributed by atoms with Gasteiger partial charge in [-0.2, -0.15) is 0 Å². The molecule has 1 aliphatic heterocycles. The van der Waals surface area contributed by atoms with Crippen molar-refractivity contribution in [2.24, 2.45) is 0 Å². The van der Waals surface area contributed by atoms with Crippen LogP contribution in [0, 0.1) is 0 Å². The van der Waals surface area contributed by atoms with Gasteiger partial charge in [-0.05, 0) is 42.0 Å². The Morgan fingerprint density at radius 1 is 1.03 bits per heavy atom. The van der Waals surface area contributed by atoms with Gasteiger partial charge < -0.3 is 14.1 Å². The maximum Gasteiger partial charge on any atom is 0.417 e. The van der Waals surface area contributed by atoms with Gasteiger partial charge in [0.15, 0.2) is 11.4 Å². The lowest BCUT2D eigenvalue weighted by Gasteiger charge is -2.33. The van der Waals surface area contributed by atoms with Crippen LogP contribution in [0.25, 0.3) is 11.1 Å². The Hall–Kier alpha value is -2.81. The van der Waals surface area contributed by atoms with Crippen LogP contribution in [0.4, 0.5) is 4.79 Å². The molecule has 2 aromatic carbocycles. The van der Waals surface area contributed by atoms with Gasteiger partial charge in [0.25, 0.3) is 0 Å². The number of piperazine rings is 1. The summed E-state index contributed by atoms with van der Waals surface area (Å²) in [6.07, 6.45) is -0.0572. The second-order valence-corrected chi connectivity index (χ2v) is 8.43. The molecule has 1 aliphatic rings. The van der Waals surface area contributed by atoms with Crippen molar-refractivity contribution in [3.63, 3.8) is 0 Å². The number of aromatic nitrogens is 1. The number of ether oxygens (including phenoxy) is 1. The fraction of sp³-hybridized carbons (Fsp3) is 0.318. The van der Waals surface area contributed by atoms with E-state index in [9.17, 15) is 14.4 Å². The molecule has 0 atom stereocenters. The van der Waals surface area contributed by atoms with Crippen LogP contribution in [0.15, 0.2) is 45.6 Å². The summed E-state index contributed by atoms with van der Waals surface area (Å²) in [5.41, 5.74) is 2.16. The number of fused-ring (bicyclic) bond motifs is 1. The number of nitrogens with one attached hydrogen (secondary N) is 1. The molecule has 1 amide bonds. The van der Waals surface area contributed by atoms with Crippen molar-refractivity contribution in [3.8, 4) is 0 Å². The Bertz CT molecular complexity index is 1180. The van der Waals surface area contributed by atoms with E-state index in [4.69, 9.17) is 32.4 Å². The number of carbonyl (C=O) groups is 2. The molecule has 1 fully saturated rings. The van der Waals surface area contributed by atoms with E-state index in [1.165, 1.54) is 0 Å². The van der Waals surface area contributed by atoms with Crippen molar-refractivity contribution < 1.29 is 18.7 Å². The molecule has 0 radical (unpaired) electrons. The van der Waals surface area contributed by atoms with Crippen molar-refractivity contribution >= 4 is 46.2 Å². The molecule has 0 unspecified atom stereocenters. The van der Waals surface area contributed by atoms with Gasteiger partial charge in [-0.3, -0.25) is 14.7 Å². The number of H-pyrrole nitrogens is 1. The van der Waals surface area contributed by atoms with Gasteiger partial charge in [0, 0.05) is 54.8 Å². The van der Waals surface area contributed by atoms with Crippen LogP contribution in [-0.4, -0.2) is 59.4 Å².